The number of benzene rings is 1. The zero-order valence-electron chi connectivity index (χ0n) is 13.2. The van der Waals surface area contributed by atoms with Gasteiger partial charge < -0.3 is 15.4 Å². The van der Waals surface area contributed by atoms with Gasteiger partial charge >= 0.3 is 0 Å². The number of thiophene rings is 1. The molecule has 0 atom stereocenters. The SMILES string of the molecule is COc1ccc(C(=O)Nc2cccnc2)cc1NCc1cccs1. The smallest absolute Gasteiger partial charge is 0.255 e. The summed E-state index contributed by atoms with van der Waals surface area (Å²) in [6, 6.07) is 13.0. The Morgan fingerprint density at radius 3 is 2.88 bits per heavy atom. The number of pyridine rings is 1. The number of rotatable bonds is 6. The molecule has 3 rings (SSSR count). The Morgan fingerprint density at radius 2 is 2.17 bits per heavy atom. The van der Waals surface area contributed by atoms with Gasteiger partial charge in [-0.3, -0.25) is 9.78 Å². The lowest BCUT2D eigenvalue weighted by molar-refractivity contribution is 0.102. The molecular formula is C18H17N3O2S. The van der Waals surface area contributed by atoms with Gasteiger partial charge in [-0.2, -0.15) is 0 Å². The van der Waals surface area contributed by atoms with Crippen molar-refractivity contribution in [3.63, 3.8) is 0 Å². The molecule has 5 nitrogen and oxygen atoms in total. The van der Waals surface area contributed by atoms with Gasteiger partial charge in [0.15, 0.2) is 0 Å². The van der Waals surface area contributed by atoms with E-state index in [1.807, 2.05) is 11.4 Å². The van der Waals surface area contributed by atoms with E-state index in [9.17, 15) is 4.79 Å². The third-order valence-electron chi connectivity index (χ3n) is 3.41. The quantitative estimate of drug-likeness (QED) is 0.712. The molecule has 3 aromatic rings. The summed E-state index contributed by atoms with van der Waals surface area (Å²) in [6.07, 6.45) is 3.27. The molecule has 0 fully saturated rings. The number of methoxy groups -OCH3 is 1. The van der Waals surface area contributed by atoms with E-state index in [-0.39, 0.29) is 5.91 Å². The van der Waals surface area contributed by atoms with Crippen LogP contribution in [0.5, 0.6) is 5.75 Å². The second-order valence-electron chi connectivity index (χ2n) is 5.04. The van der Waals surface area contributed by atoms with E-state index in [1.165, 1.54) is 4.88 Å². The zero-order valence-corrected chi connectivity index (χ0v) is 14.0. The number of aromatic nitrogens is 1. The van der Waals surface area contributed by atoms with Crippen molar-refractivity contribution in [2.45, 2.75) is 6.54 Å². The van der Waals surface area contributed by atoms with Gasteiger partial charge in [-0.25, -0.2) is 0 Å². The lowest BCUT2D eigenvalue weighted by Crippen LogP contribution is -2.12. The Labute approximate surface area is 144 Å². The molecule has 0 radical (unpaired) electrons. The summed E-state index contributed by atoms with van der Waals surface area (Å²) in [5, 5.41) is 8.18. The molecule has 2 heterocycles. The number of hydrogen-bond acceptors (Lipinski definition) is 5. The number of nitrogens with one attached hydrogen (secondary N) is 2. The maximum absolute atomic E-state index is 12.4. The van der Waals surface area contributed by atoms with Crippen molar-refractivity contribution in [3.8, 4) is 5.75 Å². The predicted octanol–water partition coefficient (Wildman–Crippen LogP) is 4.02. The van der Waals surface area contributed by atoms with Gasteiger partial charge in [0, 0.05) is 23.2 Å². The van der Waals surface area contributed by atoms with Crippen molar-refractivity contribution >= 4 is 28.6 Å². The molecule has 0 unspecified atom stereocenters. The summed E-state index contributed by atoms with van der Waals surface area (Å²) >= 11 is 1.68. The summed E-state index contributed by atoms with van der Waals surface area (Å²) in [5.41, 5.74) is 1.99. The number of anilines is 2. The molecule has 0 aliphatic heterocycles. The minimum Gasteiger partial charge on any atom is -0.495 e. The van der Waals surface area contributed by atoms with E-state index in [4.69, 9.17) is 4.74 Å². The van der Waals surface area contributed by atoms with Crippen LogP contribution in [-0.2, 0) is 6.54 Å². The molecule has 0 spiro atoms. The summed E-state index contributed by atoms with van der Waals surface area (Å²) in [4.78, 5) is 17.6. The van der Waals surface area contributed by atoms with Crippen molar-refractivity contribution in [1.29, 1.82) is 0 Å². The van der Waals surface area contributed by atoms with Crippen LogP contribution < -0.4 is 15.4 Å². The molecule has 24 heavy (non-hydrogen) atoms. The molecular weight excluding hydrogens is 322 g/mol. The van der Waals surface area contributed by atoms with Gasteiger partial charge in [0.1, 0.15) is 5.75 Å². The number of ether oxygens (including phenoxy) is 1. The highest BCUT2D eigenvalue weighted by Crippen LogP contribution is 2.27. The van der Waals surface area contributed by atoms with Crippen molar-refractivity contribution in [2.24, 2.45) is 0 Å². The third kappa shape index (κ3) is 3.91. The van der Waals surface area contributed by atoms with Gasteiger partial charge in [-0.05, 0) is 41.8 Å². The summed E-state index contributed by atoms with van der Waals surface area (Å²) in [7, 11) is 1.61. The zero-order chi connectivity index (χ0) is 16.8. The molecule has 6 heteroatoms. The number of amides is 1. The van der Waals surface area contributed by atoms with Crippen LogP contribution in [-0.4, -0.2) is 18.0 Å². The summed E-state index contributed by atoms with van der Waals surface area (Å²) in [6.45, 7) is 0.682. The average molecular weight is 339 g/mol. The molecule has 1 amide bonds. The Kier molecular flexibility index (Phi) is 5.08. The van der Waals surface area contributed by atoms with Crippen LogP contribution in [0.25, 0.3) is 0 Å². The Morgan fingerprint density at radius 1 is 1.25 bits per heavy atom. The average Bonchev–Trinajstić information content (AvgIpc) is 3.14. The van der Waals surface area contributed by atoms with E-state index in [2.05, 4.69) is 21.7 Å². The van der Waals surface area contributed by atoms with E-state index in [0.717, 1.165) is 5.69 Å². The van der Waals surface area contributed by atoms with E-state index in [1.54, 1.807) is 61.2 Å². The number of carbonyl (C=O) groups is 1. The topological polar surface area (TPSA) is 63.2 Å². The largest absolute Gasteiger partial charge is 0.495 e. The molecule has 1 aromatic carbocycles. The fourth-order valence-corrected chi connectivity index (χ4v) is 2.87. The lowest BCUT2D eigenvalue weighted by atomic mass is 10.1. The Hall–Kier alpha value is -2.86. The van der Waals surface area contributed by atoms with Gasteiger partial charge in [-0.15, -0.1) is 11.3 Å². The van der Waals surface area contributed by atoms with Crippen LogP contribution in [0.4, 0.5) is 11.4 Å². The maximum Gasteiger partial charge on any atom is 0.255 e. The number of nitrogens with zero attached hydrogens (tertiary/aromatic N) is 1. The second-order valence-corrected chi connectivity index (χ2v) is 6.08. The predicted molar refractivity (Wildman–Crippen MR) is 96.8 cm³/mol. The fourth-order valence-electron chi connectivity index (χ4n) is 2.22. The van der Waals surface area contributed by atoms with Crippen molar-refractivity contribution in [3.05, 3.63) is 70.7 Å². The first-order chi connectivity index (χ1) is 11.8. The summed E-state index contributed by atoms with van der Waals surface area (Å²) in [5.74, 6) is 0.509. The van der Waals surface area contributed by atoms with Gasteiger partial charge in [0.25, 0.3) is 5.91 Å². The highest BCUT2D eigenvalue weighted by molar-refractivity contribution is 7.09. The van der Waals surface area contributed by atoms with Crippen molar-refractivity contribution in [2.75, 3.05) is 17.7 Å². The molecule has 122 valence electrons. The van der Waals surface area contributed by atoms with Crippen molar-refractivity contribution in [1.82, 2.24) is 4.98 Å². The number of carbonyl (C=O) groups excluding carboxylic acids is 1. The van der Waals surface area contributed by atoms with Crippen molar-refractivity contribution < 1.29 is 9.53 Å². The minimum absolute atomic E-state index is 0.190. The molecule has 2 N–H and O–H groups in total. The van der Waals surface area contributed by atoms with Crippen LogP contribution in [0.1, 0.15) is 15.2 Å². The van der Waals surface area contributed by atoms with Crippen LogP contribution in [0.2, 0.25) is 0 Å². The number of hydrogen-bond donors (Lipinski definition) is 2. The molecule has 0 saturated heterocycles. The van der Waals surface area contributed by atoms with E-state index >= 15 is 0 Å². The molecule has 0 aliphatic carbocycles. The van der Waals surface area contributed by atoms with E-state index in [0.29, 0.717) is 23.5 Å². The molecule has 0 saturated carbocycles. The first kappa shape index (κ1) is 16.0. The normalized spacial score (nSPS) is 10.2. The highest BCUT2D eigenvalue weighted by Gasteiger charge is 2.11. The standard InChI is InChI=1S/C18H17N3O2S/c1-23-17-7-6-13(18(22)21-14-4-2-8-19-11-14)10-16(17)20-12-15-5-3-9-24-15/h2-11,20H,12H2,1H3,(H,21,22). The Balaban J connectivity index is 1.76. The van der Waals surface area contributed by atoms with Crippen LogP contribution in [0.15, 0.2) is 60.2 Å². The maximum atomic E-state index is 12.4. The third-order valence-corrected chi connectivity index (χ3v) is 4.29. The Bertz CT molecular complexity index is 804. The summed E-state index contributed by atoms with van der Waals surface area (Å²) < 4.78 is 5.37. The first-order valence-electron chi connectivity index (χ1n) is 7.42. The minimum atomic E-state index is -0.190. The second kappa shape index (κ2) is 7.61. The van der Waals surface area contributed by atoms with Crippen LogP contribution in [0.3, 0.4) is 0 Å². The van der Waals surface area contributed by atoms with Gasteiger partial charge in [0.05, 0.1) is 24.7 Å². The van der Waals surface area contributed by atoms with E-state index < -0.39 is 0 Å². The first-order valence-corrected chi connectivity index (χ1v) is 8.30. The molecule has 0 aliphatic rings. The monoisotopic (exact) mass is 339 g/mol. The van der Waals surface area contributed by atoms with Crippen LogP contribution in [0, 0.1) is 0 Å². The fraction of sp³-hybridized carbons (Fsp3) is 0.111. The lowest BCUT2D eigenvalue weighted by Gasteiger charge is -2.12. The molecule has 0 bridgehead atoms. The molecule has 2 aromatic heterocycles. The van der Waals surface area contributed by atoms with Crippen LogP contribution >= 0.6 is 11.3 Å². The van der Waals surface area contributed by atoms with Gasteiger partial charge in [0.2, 0.25) is 0 Å². The highest BCUT2D eigenvalue weighted by atomic mass is 32.1. The van der Waals surface area contributed by atoms with Gasteiger partial charge in [-0.1, -0.05) is 6.07 Å².